The van der Waals surface area contributed by atoms with Crippen LogP contribution in [0.25, 0.3) is 6.08 Å². The number of nitrogens with two attached hydrogens (primary N) is 2. The Balaban J connectivity index is 1.46. The summed E-state index contributed by atoms with van der Waals surface area (Å²) < 4.78 is 5.80. The highest BCUT2D eigenvalue weighted by Crippen LogP contribution is 2.20. The molecule has 0 radical (unpaired) electrons. The number of ether oxygens (including phenoxy) is 1. The minimum absolute atomic E-state index is 0.0430. The minimum Gasteiger partial charge on any atom is -0.493 e. The smallest absolute Gasteiger partial charge is 0.226 e. The van der Waals surface area contributed by atoms with Crippen LogP contribution in [0.5, 0.6) is 5.75 Å². The molecule has 0 unspecified atom stereocenters. The Labute approximate surface area is 181 Å². The fraction of sp³-hybridized carbons (Fsp3) is 0.261. The average Bonchev–Trinajstić information content (AvgIpc) is 2.73. The molecule has 1 aliphatic rings. The Morgan fingerprint density at radius 2 is 1.87 bits per heavy atom. The molecule has 3 rings (SSSR count). The normalized spacial score (nSPS) is 15.5. The van der Waals surface area contributed by atoms with Crippen LogP contribution in [0.4, 0.5) is 0 Å². The first-order chi connectivity index (χ1) is 14.8. The number of allylic oxidation sites excluding steroid dienone is 1. The molecule has 4 N–H and O–H groups in total. The Hall–Kier alpha value is -3.65. The van der Waals surface area contributed by atoms with Crippen LogP contribution in [0.1, 0.15) is 36.2 Å². The zero-order chi connectivity index (χ0) is 22.3. The lowest BCUT2D eigenvalue weighted by molar-refractivity contribution is -0.158. The summed E-state index contributed by atoms with van der Waals surface area (Å²) in [7, 11) is 0. The predicted octanol–water partition coefficient (Wildman–Crippen LogP) is 2.96. The number of nitrogens with zero attached hydrogens (tertiary/aromatic N) is 3. The van der Waals surface area contributed by atoms with Crippen LogP contribution in [-0.4, -0.2) is 41.6 Å². The monoisotopic (exact) mass is 421 g/mol. The van der Waals surface area contributed by atoms with Crippen molar-refractivity contribution in [2.75, 3.05) is 13.2 Å². The van der Waals surface area contributed by atoms with E-state index in [1.165, 1.54) is 5.06 Å². The molecule has 2 aromatic carbocycles. The van der Waals surface area contributed by atoms with E-state index >= 15 is 0 Å². The number of carbonyl (C=O) groups is 1. The molecular formula is C23H27N5O3. The highest BCUT2D eigenvalue weighted by Gasteiger charge is 2.32. The van der Waals surface area contributed by atoms with Crippen molar-refractivity contribution in [3.8, 4) is 5.75 Å². The van der Waals surface area contributed by atoms with Gasteiger partial charge in [0, 0.05) is 12.0 Å². The molecule has 0 aromatic heterocycles. The van der Waals surface area contributed by atoms with Gasteiger partial charge in [-0.1, -0.05) is 48.5 Å². The van der Waals surface area contributed by atoms with Crippen LogP contribution < -0.4 is 16.2 Å². The highest BCUT2D eigenvalue weighted by molar-refractivity contribution is 6.06. The Bertz CT molecular complexity index is 999. The molecule has 0 saturated heterocycles. The number of carbonyl (C=O) groups excluding carboxylic acids is 1. The zero-order valence-electron chi connectivity index (χ0n) is 17.7. The first kappa shape index (κ1) is 22.0. The number of hydrogen-bond donors (Lipinski definition) is 2. The van der Waals surface area contributed by atoms with E-state index in [9.17, 15) is 4.79 Å². The lowest BCUT2D eigenvalue weighted by Gasteiger charge is -2.36. The molecule has 0 fully saturated rings. The number of rotatable bonds is 9. The van der Waals surface area contributed by atoms with Crippen molar-refractivity contribution in [1.82, 2.24) is 5.06 Å². The SMILES string of the molecule is CC1(C)N=C(N)N=C(N)N1OCCCOc1cccc(C=CC(=O)c2ccccc2)c1. The molecule has 8 nitrogen and oxygen atoms in total. The first-order valence-corrected chi connectivity index (χ1v) is 9.98. The van der Waals surface area contributed by atoms with E-state index in [-0.39, 0.29) is 17.7 Å². The summed E-state index contributed by atoms with van der Waals surface area (Å²) >= 11 is 0. The summed E-state index contributed by atoms with van der Waals surface area (Å²) in [6, 6.07) is 16.7. The molecule has 0 amide bonds. The fourth-order valence-corrected chi connectivity index (χ4v) is 3.00. The molecule has 0 bridgehead atoms. The molecule has 1 heterocycles. The van der Waals surface area contributed by atoms with E-state index in [0.717, 1.165) is 5.56 Å². The van der Waals surface area contributed by atoms with Crippen LogP contribution >= 0.6 is 0 Å². The van der Waals surface area contributed by atoms with Crippen molar-refractivity contribution in [1.29, 1.82) is 0 Å². The topological polar surface area (TPSA) is 116 Å². The maximum absolute atomic E-state index is 12.2. The lowest BCUT2D eigenvalue weighted by Crippen LogP contribution is -2.53. The van der Waals surface area contributed by atoms with Gasteiger partial charge in [-0.2, -0.15) is 10.1 Å². The van der Waals surface area contributed by atoms with Crippen molar-refractivity contribution in [3.63, 3.8) is 0 Å². The van der Waals surface area contributed by atoms with Crippen LogP contribution in [0, 0.1) is 0 Å². The maximum atomic E-state index is 12.2. The third kappa shape index (κ3) is 6.16. The van der Waals surface area contributed by atoms with E-state index in [1.807, 2.05) is 56.3 Å². The zero-order valence-corrected chi connectivity index (χ0v) is 17.7. The third-order valence-corrected chi connectivity index (χ3v) is 4.44. The van der Waals surface area contributed by atoms with Crippen LogP contribution in [-0.2, 0) is 4.84 Å². The number of aliphatic imine (C=N–C) groups is 2. The van der Waals surface area contributed by atoms with Crippen molar-refractivity contribution < 1.29 is 14.4 Å². The summed E-state index contributed by atoms with van der Waals surface area (Å²) in [6.45, 7) is 4.49. The number of ketones is 1. The second-order valence-corrected chi connectivity index (χ2v) is 7.40. The molecule has 0 saturated carbocycles. The van der Waals surface area contributed by atoms with E-state index in [4.69, 9.17) is 21.0 Å². The summed E-state index contributed by atoms with van der Waals surface area (Å²) in [6.07, 6.45) is 3.97. The van der Waals surface area contributed by atoms with E-state index in [2.05, 4.69) is 9.98 Å². The van der Waals surface area contributed by atoms with Gasteiger partial charge in [0.15, 0.2) is 11.4 Å². The molecule has 8 heteroatoms. The maximum Gasteiger partial charge on any atom is 0.226 e. The molecule has 162 valence electrons. The third-order valence-electron chi connectivity index (χ3n) is 4.44. The van der Waals surface area contributed by atoms with Gasteiger partial charge in [-0.05, 0) is 37.6 Å². The second kappa shape index (κ2) is 9.90. The predicted molar refractivity (Wildman–Crippen MR) is 121 cm³/mol. The number of hydroxylamine groups is 2. The van der Waals surface area contributed by atoms with E-state index in [0.29, 0.717) is 30.9 Å². The molecule has 0 aliphatic carbocycles. The average molecular weight is 422 g/mol. The summed E-state index contributed by atoms with van der Waals surface area (Å²) in [5, 5.41) is 1.44. The van der Waals surface area contributed by atoms with Gasteiger partial charge < -0.3 is 16.2 Å². The van der Waals surface area contributed by atoms with Gasteiger partial charge in [0.1, 0.15) is 5.75 Å². The van der Waals surface area contributed by atoms with E-state index in [1.54, 1.807) is 24.3 Å². The molecule has 0 spiro atoms. The van der Waals surface area contributed by atoms with Gasteiger partial charge in [0.05, 0.1) is 13.2 Å². The van der Waals surface area contributed by atoms with Gasteiger partial charge in [0.25, 0.3) is 0 Å². The number of hydrogen-bond acceptors (Lipinski definition) is 8. The lowest BCUT2D eigenvalue weighted by atomic mass is 10.1. The Kier molecular flexibility index (Phi) is 7.04. The number of benzene rings is 2. The van der Waals surface area contributed by atoms with Crippen LogP contribution in [0.15, 0.2) is 70.7 Å². The van der Waals surface area contributed by atoms with Gasteiger partial charge >= 0.3 is 0 Å². The van der Waals surface area contributed by atoms with Gasteiger partial charge in [-0.3, -0.25) is 9.63 Å². The molecule has 0 atom stereocenters. The molecule has 31 heavy (non-hydrogen) atoms. The molecular weight excluding hydrogens is 394 g/mol. The highest BCUT2D eigenvalue weighted by atomic mass is 16.7. The quantitative estimate of drug-likeness (QED) is 0.365. The Morgan fingerprint density at radius 1 is 1.10 bits per heavy atom. The van der Waals surface area contributed by atoms with E-state index < -0.39 is 5.66 Å². The number of guanidine groups is 2. The van der Waals surface area contributed by atoms with Crippen molar-refractivity contribution in [2.45, 2.75) is 25.9 Å². The molecule has 2 aromatic rings. The van der Waals surface area contributed by atoms with Crippen LogP contribution in [0.3, 0.4) is 0 Å². The van der Waals surface area contributed by atoms with Gasteiger partial charge in [-0.15, -0.1) is 0 Å². The Morgan fingerprint density at radius 3 is 2.61 bits per heavy atom. The second-order valence-electron chi connectivity index (χ2n) is 7.40. The van der Waals surface area contributed by atoms with Crippen LogP contribution in [0.2, 0.25) is 0 Å². The van der Waals surface area contributed by atoms with Gasteiger partial charge in [0.2, 0.25) is 11.9 Å². The minimum atomic E-state index is -0.728. The fourth-order valence-electron chi connectivity index (χ4n) is 3.00. The van der Waals surface area contributed by atoms with Crippen molar-refractivity contribution in [3.05, 3.63) is 71.8 Å². The summed E-state index contributed by atoms with van der Waals surface area (Å²) in [4.78, 5) is 26.1. The summed E-state index contributed by atoms with van der Waals surface area (Å²) in [5.74, 6) is 0.970. The molecule has 1 aliphatic heterocycles. The summed E-state index contributed by atoms with van der Waals surface area (Å²) in [5.41, 5.74) is 12.3. The van der Waals surface area contributed by atoms with Crippen molar-refractivity contribution >= 4 is 23.8 Å². The van der Waals surface area contributed by atoms with Crippen molar-refractivity contribution in [2.24, 2.45) is 21.5 Å². The van der Waals surface area contributed by atoms with Gasteiger partial charge in [-0.25, -0.2) is 4.99 Å². The standard InChI is InChI=1S/C23H27N5O3/c1-23(2)27-21(24)26-22(25)28(23)31-15-7-14-30-19-11-6-8-17(16-19)12-13-20(29)18-9-4-3-5-10-18/h3-6,8-13,16H,7,14-15H2,1-2H3,(H4,24,25,26,27). The first-order valence-electron chi connectivity index (χ1n) is 9.98. The largest absolute Gasteiger partial charge is 0.493 e.